The molecule has 0 aliphatic rings. The molecule has 1 aromatic heterocycles. The lowest BCUT2D eigenvalue weighted by Gasteiger charge is -1.92. The van der Waals surface area contributed by atoms with Gasteiger partial charge in [-0.15, -0.1) is 0 Å². The zero-order chi connectivity index (χ0) is 10.5. The van der Waals surface area contributed by atoms with Gasteiger partial charge in [0.15, 0.2) is 5.82 Å². The van der Waals surface area contributed by atoms with Gasteiger partial charge in [-0.05, 0) is 23.2 Å². The number of nitrogens with zero attached hydrogens (tertiary/aromatic N) is 3. The normalized spacial score (nSPS) is 10.7. The Kier molecular flexibility index (Phi) is 3.05. The van der Waals surface area contributed by atoms with Crippen molar-refractivity contribution in [2.24, 2.45) is 0 Å². The molecule has 0 spiro atoms. The van der Waals surface area contributed by atoms with Crippen molar-refractivity contribution < 1.29 is 0 Å². The van der Waals surface area contributed by atoms with E-state index in [0.717, 1.165) is 5.56 Å². The van der Waals surface area contributed by atoms with E-state index >= 15 is 0 Å². The van der Waals surface area contributed by atoms with Crippen molar-refractivity contribution in [3.63, 3.8) is 0 Å². The number of benzene rings is 1. The Morgan fingerprint density at radius 2 is 1.80 bits per heavy atom. The first-order valence-corrected chi connectivity index (χ1v) is 4.80. The fraction of sp³-hybridized carbons (Fsp3) is 0. The van der Waals surface area contributed by atoms with Crippen LogP contribution in [0.3, 0.4) is 0 Å². The predicted molar refractivity (Wildman–Crippen MR) is 60.2 cm³/mol. The summed E-state index contributed by atoms with van der Waals surface area (Å²) in [7, 11) is 0. The highest BCUT2D eigenvalue weighted by atomic mass is 35.5. The van der Waals surface area contributed by atoms with Crippen LogP contribution in [0.15, 0.2) is 36.7 Å². The molecule has 0 aliphatic heterocycles. The maximum absolute atomic E-state index is 5.63. The highest BCUT2D eigenvalue weighted by Gasteiger charge is 1.92. The lowest BCUT2D eigenvalue weighted by Crippen LogP contribution is -1.89. The maximum Gasteiger partial charge on any atom is 0.225 e. The van der Waals surface area contributed by atoms with E-state index in [1.54, 1.807) is 6.08 Å². The average Bonchev–Trinajstić information content (AvgIpc) is 2.28. The molecule has 2 rings (SSSR count). The molecule has 0 unspecified atom stereocenters. The fourth-order valence-corrected chi connectivity index (χ4v) is 1.23. The van der Waals surface area contributed by atoms with E-state index in [1.165, 1.54) is 6.33 Å². The minimum absolute atomic E-state index is 0.206. The molecular weight excluding hydrogens is 210 g/mol. The molecule has 0 saturated carbocycles. The number of halogens is 1. The third-order valence-electron chi connectivity index (χ3n) is 1.79. The SMILES string of the molecule is Clc1ncnc(/C=C/c2ccccc2)n1. The molecule has 0 saturated heterocycles. The summed E-state index contributed by atoms with van der Waals surface area (Å²) in [6.45, 7) is 0. The van der Waals surface area contributed by atoms with Crippen LogP contribution in [-0.4, -0.2) is 15.0 Å². The largest absolute Gasteiger partial charge is 0.225 e. The molecule has 0 fully saturated rings. The Hall–Kier alpha value is -1.74. The van der Waals surface area contributed by atoms with Crippen LogP contribution in [0, 0.1) is 0 Å². The minimum atomic E-state index is 0.206. The molecule has 0 radical (unpaired) electrons. The molecule has 0 amide bonds. The molecule has 0 atom stereocenters. The van der Waals surface area contributed by atoms with Gasteiger partial charge in [-0.3, -0.25) is 0 Å². The molecule has 4 heteroatoms. The minimum Gasteiger partial charge on any atom is -0.217 e. The van der Waals surface area contributed by atoms with Gasteiger partial charge in [-0.25, -0.2) is 9.97 Å². The summed E-state index contributed by atoms with van der Waals surface area (Å²) >= 11 is 5.63. The second kappa shape index (κ2) is 4.66. The Morgan fingerprint density at radius 1 is 1.00 bits per heavy atom. The third kappa shape index (κ3) is 2.86. The van der Waals surface area contributed by atoms with Gasteiger partial charge >= 0.3 is 0 Å². The molecule has 1 heterocycles. The van der Waals surface area contributed by atoms with Crippen molar-refractivity contribution in [3.8, 4) is 0 Å². The summed E-state index contributed by atoms with van der Waals surface area (Å²) in [6.07, 6.45) is 5.11. The Bertz CT molecular complexity index is 468. The zero-order valence-corrected chi connectivity index (χ0v) is 8.59. The Balaban J connectivity index is 2.19. The third-order valence-corrected chi connectivity index (χ3v) is 1.97. The van der Waals surface area contributed by atoms with Crippen LogP contribution >= 0.6 is 11.6 Å². The highest BCUT2D eigenvalue weighted by Crippen LogP contribution is 2.05. The first-order chi connectivity index (χ1) is 7.34. The van der Waals surface area contributed by atoms with E-state index in [2.05, 4.69) is 15.0 Å². The van der Waals surface area contributed by atoms with E-state index in [1.807, 2.05) is 36.4 Å². The molecule has 3 nitrogen and oxygen atoms in total. The number of hydrogen-bond donors (Lipinski definition) is 0. The van der Waals surface area contributed by atoms with Crippen LogP contribution in [0.25, 0.3) is 12.2 Å². The van der Waals surface area contributed by atoms with Gasteiger partial charge < -0.3 is 0 Å². The topological polar surface area (TPSA) is 38.7 Å². The zero-order valence-electron chi connectivity index (χ0n) is 7.84. The Labute approximate surface area is 92.5 Å². The summed E-state index contributed by atoms with van der Waals surface area (Å²) < 4.78 is 0. The molecule has 2 aromatic rings. The molecule has 0 bridgehead atoms. The van der Waals surface area contributed by atoms with Crippen LogP contribution in [0.1, 0.15) is 11.4 Å². The van der Waals surface area contributed by atoms with Gasteiger partial charge in [-0.2, -0.15) is 4.98 Å². The second-order valence-electron chi connectivity index (χ2n) is 2.86. The predicted octanol–water partition coefficient (Wildman–Crippen LogP) is 2.70. The van der Waals surface area contributed by atoms with E-state index < -0.39 is 0 Å². The van der Waals surface area contributed by atoms with Crippen LogP contribution in [0.2, 0.25) is 5.28 Å². The molecule has 0 N–H and O–H groups in total. The van der Waals surface area contributed by atoms with E-state index in [0.29, 0.717) is 5.82 Å². The second-order valence-corrected chi connectivity index (χ2v) is 3.19. The average molecular weight is 218 g/mol. The van der Waals surface area contributed by atoms with Crippen LogP contribution in [0.5, 0.6) is 0 Å². The summed E-state index contributed by atoms with van der Waals surface area (Å²) in [5, 5.41) is 0.206. The van der Waals surface area contributed by atoms with Gasteiger partial charge in [0.05, 0.1) is 0 Å². The maximum atomic E-state index is 5.63. The first-order valence-electron chi connectivity index (χ1n) is 4.42. The van der Waals surface area contributed by atoms with Gasteiger partial charge in [0.1, 0.15) is 6.33 Å². The van der Waals surface area contributed by atoms with Gasteiger partial charge in [0.2, 0.25) is 5.28 Å². The van der Waals surface area contributed by atoms with Gasteiger partial charge in [0, 0.05) is 0 Å². The van der Waals surface area contributed by atoms with Crippen LogP contribution < -0.4 is 0 Å². The number of aromatic nitrogens is 3. The van der Waals surface area contributed by atoms with Crippen molar-refractivity contribution >= 4 is 23.8 Å². The summed E-state index contributed by atoms with van der Waals surface area (Å²) in [4.78, 5) is 11.6. The van der Waals surface area contributed by atoms with Crippen molar-refractivity contribution in [2.45, 2.75) is 0 Å². The number of hydrogen-bond acceptors (Lipinski definition) is 3. The van der Waals surface area contributed by atoms with Crippen molar-refractivity contribution in [1.82, 2.24) is 15.0 Å². The molecular formula is C11H8ClN3. The van der Waals surface area contributed by atoms with E-state index in [9.17, 15) is 0 Å². The van der Waals surface area contributed by atoms with Crippen molar-refractivity contribution in [3.05, 3.63) is 53.3 Å². The lowest BCUT2D eigenvalue weighted by molar-refractivity contribution is 1.03. The first kappa shape index (κ1) is 9.80. The van der Waals surface area contributed by atoms with Crippen LogP contribution in [0.4, 0.5) is 0 Å². The monoisotopic (exact) mass is 217 g/mol. The fourth-order valence-electron chi connectivity index (χ4n) is 1.10. The molecule has 15 heavy (non-hydrogen) atoms. The molecule has 0 aliphatic carbocycles. The van der Waals surface area contributed by atoms with E-state index in [4.69, 9.17) is 11.6 Å². The van der Waals surface area contributed by atoms with Gasteiger partial charge in [-0.1, -0.05) is 36.4 Å². The Morgan fingerprint density at radius 3 is 2.53 bits per heavy atom. The van der Waals surface area contributed by atoms with Crippen LogP contribution in [-0.2, 0) is 0 Å². The molecule has 1 aromatic carbocycles. The summed E-state index contributed by atoms with van der Waals surface area (Å²) in [6, 6.07) is 9.91. The van der Waals surface area contributed by atoms with Gasteiger partial charge in [0.25, 0.3) is 0 Å². The highest BCUT2D eigenvalue weighted by molar-refractivity contribution is 6.28. The summed E-state index contributed by atoms with van der Waals surface area (Å²) in [5.41, 5.74) is 1.09. The van der Waals surface area contributed by atoms with Crippen molar-refractivity contribution in [1.29, 1.82) is 0 Å². The number of rotatable bonds is 2. The lowest BCUT2D eigenvalue weighted by atomic mass is 10.2. The quantitative estimate of drug-likeness (QED) is 0.777. The summed E-state index contributed by atoms with van der Waals surface area (Å²) in [5.74, 6) is 0.554. The van der Waals surface area contributed by atoms with E-state index in [-0.39, 0.29) is 5.28 Å². The molecule has 74 valence electrons. The smallest absolute Gasteiger partial charge is 0.217 e. The standard InChI is InChI=1S/C11H8ClN3/c12-11-14-8-13-10(15-11)7-6-9-4-2-1-3-5-9/h1-8H/b7-6+. The van der Waals surface area contributed by atoms with Crippen molar-refractivity contribution in [2.75, 3.05) is 0 Å².